The molecule has 1 saturated carbocycles. The summed E-state index contributed by atoms with van der Waals surface area (Å²) in [7, 11) is 0. The first-order chi connectivity index (χ1) is 8.24. The summed E-state index contributed by atoms with van der Waals surface area (Å²) >= 11 is 0. The second-order valence-corrected chi connectivity index (χ2v) is 5.52. The highest BCUT2D eigenvalue weighted by Gasteiger charge is 2.35. The van der Waals surface area contributed by atoms with E-state index in [0.717, 1.165) is 30.5 Å². The maximum Gasteiger partial charge on any atom is 0.121 e. The van der Waals surface area contributed by atoms with Gasteiger partial charge in [-0.05, 0) is 44.7 Å². The van der Waals surface area contributed by atoms with E-state index in [1.165, 1.54) is 19.4 Å². The Labute approximate surface area is 103 Å². The molecule has 2 fully saturated rings. The van der Waals surface area contributed by atoms with E-state index in [9.17, 15) is 0 Å². The third kappa shape index (κ3) is 2.40. The molecule has 2 heterocycles. The number of aryl methyl sites for hydroxylation is 1. The van der Waals surface area contributed by atoms with Crippen LogP contribution in [0.4, 0.5) is 0 Å². The Kier molecular flexibility index (Phi) is 2.97. The van der Waals surface area contributed by atoms with Crippen LogP contribution in [0.5, 0.6) is 0 Å². The van der Waals surface area contributed by atoms with Gasteiger partial charge in [-0.2, -0.15) is 0 Å². The molecule has 3 nitrogen and oxygen atoms in total. The molecule has 3 heteroatoms. The number of furan rings is 1. The highest BCUT2D eigenvalue weighted by Crippen LogP contribution is 2.35. The zero-order valence-electron chi connectivity index (χ0n) is 10.8. The lowest BCUT2D eigenvalue weighted by Gasteiger charge is -2.37. The van der Waals surface area contributed by atoms with Crippen molar-refractivity contribution in [3.63, 3.8) is 0 Å². The van der Waals surface area contributed by atoms with Crippen LogP contribution in [0.3, 0.4) is 0 Å². The zero-order valence-corrected chi connectivity index (χ0v) is 10.8. The van der Waals surface area contributed by atoms with Crippen LogP contribution in [-0.2, 0) is 0 Å². The van der Waals surface area contributed by atoms with Crippen molar-refractivity contribution in [2.75, 3.05) is 19.6 Å². The van der Waals surface area contributed by atoms with E-state index < -0.39 is 0 Å². The highest BCUT2D eigenvalue weighted by molar-refractivity contribution is 5.10. The minimum absolute atomic E-state index is 0.409. The van der Waals surface area contributed by atoms with Crippen molar-refractivity contribution in [1.82, 2.24) is 10.2 Å². The third-order valence-corrected chi connectivity index (χ3v) is 4.15. The van der Waals surface area contributed by atoms with Crippen molar-refractivity contribution in [2.24, 2.45) is 5.92 Å². The lowest BCUT2D eigenvalue weighted by atomic mass is 10.1. The molecule has 1 N–H and O–H groups in total. The molecule has 1 aromatic rings. The minimum Gasteiger partial charge on any atom is -0.465 e. The maximum absolute atomic E-state index is 5.75. The van der Waals surface area contributed by atoms with Gasteiger partial charge in [0.1, 0.15) is 11.5 Å². The fourth-order valence-electron chi connectivity index (χ4n) is 2.83. The maximum atomic E-state index is 5.75. The van der Waals surface area contributed by atoms with Gasteiger partial charge in [0.25, 0.3) is 0 Å². The summed E-state index contributed by atoms with van der Waals surface area (Å²) in [5, 5.41) is 3.65. The summed E-state index contributed by atoms with van der Waals surface area (Å²) < 4.78 is 5.75. The average molecular weight is 234 g/mol. The topological polar surface area (TPSA) is 28.4 Å². The molecule has 2 atom stereocenters. The number of nitrogens with zero attached hydrogens (tertiary/aromatic N) is 1. The quantitative estimate of drug-likeness (QED) is 0.870. The summed E-state index contributed by atoms with van der Waals surface area (Å²) in [4.78, 5) is 2.55. The lowest BCUT2D eigenvalue weighted by Crippen LogP contribution is -2.52. The molecule has 1 aliphatic carbocycles. The standard InChI is InChI=1S/C14H22N2O/c1-10-3-6-14(17-10)11(2)16-8-7-15-13(9-16)12-4-5-12/h3,6,11-13,15H,4-5,7-9H2,1-2H3. The van der Waals surface area contributed by atoms with Gasteiger partial charge in [0.2, 0.25) is 0 Å². The number of hydrogen-bond donors (Lipinski definition) is 1. The number of piperazine rings is 1. The van der Waals surface area contributed by atoms with E-state index in [1.54, 1.807) is 0 Å². The van der Waals surface area contributed by atoms with Crippen molar-refractivity contribution in [3.8, 4) is 0 Å². The molecule has 2 aliphatic rings. The van der Waals surface area contributed by atoms with E-state index in [2.05, 4.69) is 29.3 Å². The molecule has 1 aromatic heterocycles. The Morgan fingerprint density at radius 1 is 1.41 bits per heavy atom. The van der Waals surface area contributed by atoms with Crippen molar-refractivity contribution < 1.29 is 4.42 Å². The molecule has 2 unspecified atom stereocenters. The molecule has 3 rings (SSSR count). The van der Waals surface area contributed by atoms with Crippen molar-refractivity contribution in [1.29, 1.82) is 0 Å². The Morgan fingerprint density at radius 2 is 2.24 bits per heavy atom. The molecule has 0 spiro atoms. The van der Waals surface area contributed by atoms with Crippen molar-refractivity contribution >= 4 is 0 Å². The van der Waals surface area contributed by atoms with Gasteiger partial charge in [-0.1, -0.05) is 0 Å². The van der Waals surface area contributed by atoms with Crippen LogP contribution >= 0.6 is 0 Å². The predicted octanol–water partition coefficient (Wildman–Crippen LogP) is 2.33. The number of rotatable bonds is 3. The molecule has 1 saturated heterocycles. The van der Waals surface area contributed by atoms with Gasteiger partial charge in [0.15, 0.2) is 0 Å². The van der Waals surface area contributed by atoms with E-state index in [0.29, 0.717) is 12.1 Å². The summed E-state index contributed by atoms with van der Waals surface area (Å²) in [5.41, 5.74) is 0. The van der Waals surface area contributed by atoms with Crippen LogP contribution in [-0.4, -0.2) is 30.6 Å². The van der Waals surface area contributed by atoms with Gasteiger partial charge >= 0.3 is 0 Å². The van der Waals surface area contributed by atoms with E-state index in [4.69, 9.17) is 4.42 Å². The fourth-order valence-corrected chi connectivity index (χ4v) is 2.83. The molecule has 1 aliphatic heterocycles. The van der Waals surface area contributed by atoms with Gasteiger partial charge in [-0.25, -0.2) is 0 Å². The Balaban J connectivity index is 1.66. The molecule has 0 radical (unpaired) electrons. The van der Waals surface area contributed by atoms with Crippen molar-refractivity contribution in [2.45, 2.75) is 38.8 Å². The summed E-state index contributed by atoms with van der Waals surface area (Å²) in [6, 6.07) is 5.30. The molecular weight excluding hydrogens is 212 g/mol. The largest absolute Gasteiger partial charge is 0.465 e. The smallest absolute Gasteiger partial charge is 0.121 e. The molecule has 17 heavy (non-hydrogen) atoms. The predicted molar refractivity (Wildman–Crippen MR) is 67.9 cm³/mol. The molecule has 94 valence electrons. The van der Waals surface area contributed by atoms with Crippen LogP contribution in [0.15, 0.2) is 16.5 Å². The first-order valence-electron chi connectivity index (χ1n) is 6.78. The summed E-state index contributed by atoms with van der Waals surface area (Å²) in [6.45, 7) is 7.69. The Morgan fingerprint density at radius 3 is 2.88 bits per heavy atom. The fraction of sp³-hybridized carbons (Fsp3) is 0.714. The average Bonchev–Trinajstić information content (AvgIpc) is 3.11. The monoisotopic (exact) mass is 234 g/mol. The highest BCUT2D eigenvalue weighted by atomic mass is 16.3. The molecule has 0 amide bonds. The molecular formula is C14H22N2O. The van der Waals surface area contributed by atoms with E-state index in [1.807, 2.05) is 6.92 Å². The SMILES string of the molecule is Cc1ccc(C(C)N2CCNC(C3CC3)C2)o1. The summed E-state index contributed by atoms with van der Waals surface area (Å²) in [6.07, 6.45) is 2.83. The summed E-state index contributed by atoms with van der Waals surface area (Å²) in [5.74, 6) is 3.06. The van der Waals surface area contributed by atoms with Gasteiger partial charge in [-0.3, -0.25) is 4.90 Å². The van der Waals surface area contributed by atoms with E-state index in [-0.39, 0.29) is 0 Å². The number of hydrogen-bond acceptors (Lipinski definition) is 3. The van der Waals surface area contributed by atoms with Crippen molar-refractivity contribution in [3.05, 3.63) is 23.7 Å². The normalized spacial score (nSPS) is 28.2. The van der Waals surface area contributed by atoms with Gasteiger partial charge < -0.3 is 9.73 Å². The van der Waals surface area contributed by atoms with Crippen LogP contribution in [0.2, 0.25) is 0 Å². The lowest BCUT2D eigenvalue weighted by molar-refractivity contribution is 0.130. The van der Waals surface area contributed by atoms with Gasteiger partial charge in [0.05, 0.1) is 6.04 Å². The van der Waals surface area contributed by atoms with Crippen LogP contribution in [0, 0.1) is 12.8 Å². The molecule has 0 aromatic carbocycles. The van der Waals surface area contributed by atoms with Gasteiger partial charge in [-0.15, -0.1) is 0 Å². The first kappa shape index (κ1) is 11.3. The zero-order chi connectivity index (χ0) is 11.8. The second kappa shape index (κ2) is 4.46. The molecule has 0 bridgehead atoms. The Hall–Kier alpha value is -0.800. The second-order valence-electron chi connectivity index (χ2n) is 5.52. The van der Waals surface area contributed by atoms with E-state index >= 15 is 0 Å². The minimum atomic E-state index is 0.409. The van der Waals surface area contributed by atoms with Crippen LogP contribution in [0.1, 0.15) is 37.3 Å². The van der Waals surface area contributed by atoms with Gasteiger partial charge in [0, 0.05) is 25.7 Å². The van der Waals surface area contributed by atoms with Crippen LogP contribution < -0.4 is 5.32 Å². The third-order valence-electron chi connectivity index (χ3n) is 4.15. The number of nitrogens with one attached hydrogen (secondary N) is 1. The van der Waals surface area contributed by atoms with Crippen LogP contribution in [0.25, 0.3) is 0 Å². The Bertz CT molecular complexity index is 383. The first-order valence-corrected chi connectivity index (χ1v) is 6.78.